The van der Waals surface area contributed by atoms with Crippen molar-refractivity contribution in [3.63, 3.8) is 0 Å². The van der Waals surface area contributed by atoms with Crippen LogP contribution >= 0.6 is 11.6 Å². The van der Waals surface area contributed by atoms with Crippen molar-refractivity contribution < 1.29 is 8.42 Å². The SMILES string of the molecule is CS(=O)(=O)Nc1ccc2[nH]cc(CN3CCN(c4ccc(Cl)cc4)CC3)c2c1. The van der Waals surface area contributed by atoms with E-state index in [1.165, 1.54) is 11.3 Å². The second-order valence-corrected chi connectivity index (χ2v) is 9.37. The van der Waals surface area contributed by atoms with Gasteiger partial charge in [0.05, 0.1) is 6.26 Å². The van der Waals surface area contributed by atoms with Crippen LogP contribution in [0.25, 0.3) is 10.9 Å². The van der Waals surface area contributed by atoms with Crippen molar-refractivity contribution in [3.8, 4) is 0 Å². The Bertz CT molecular complexity index is 1070. The Balaban J connectivity index is 1.44. The number of hydrogen-bond acceptors (Lipinski definition) is 4. The van der Waals surface area contributed by atoms with E-state index in [0.29, 0.717) is 5.69 Å². The Morgan fingerprint density at radius 2 is 1.79 bits per heavy atom. The molecule has 0 atom stereocenters. The third-order valence-electron chi connectivity index (χ3n) is 5.03. The highest BCUT2D eigenvalue weighted by Gasteiger charge is 2.18. The molecular formula is C20H23ClN4O2S. The third kappa shape index (κ3) is 4.43. The van der Waals surface area contributed by atoms with Gasteiger partial charge in [0.2, 0.25) is 10.0 Å². The summed E-state index contributed by atoms with van der Waals surface area (Å²) < 4.78 is 25.6. The summed E-state index contributed by atoms with van der Waals surface area (Å²) in [5.74, 6) is 0. The van der Waals surface area contributed by atoms with Crippen molar-refractivity contribution in [3.05, 3.63) is 59.2 Å². The van der Waals surface area contributed by atoms with Gasteiger partial charge >= 0.3 is 0 Å². The topological polar surface area (TPSA) is 68.4 Å². The van der Waals surface area contributed by atoms with Crippen molar-refractivity contribution in [2.75, 3.05) is 42.1 Å². The minimum Gasteiger partial charge on any atom is -0.369 e. The van der Waals surface area contributed by atoms with Gasteiger partial charge in [-0.3, -0.25) is 9.62 Å². The largest absolute Gasteiger partial charge is 0.369 e. The summed E-state index contributed by atoms with van der Waals surface area (Å²) in [6, 6.07) is 13.6. The summed E-state index contributed by atoms with van der Waals surface area (Å²) >= 11 is 5.98. The smallest absolute Gasteiger partial charge is 0.229 e. The number of aromatic amines is 1. The number of halogens is 1. The Morgan fingerprint density at radius 3 is 2.46 bits per heavy atom. The van der Waals surface area contributed by atoms with E-state index in [-0.39, 0.29) is 0 Å². The number of piperazine rings is 1. The maximum absolute atomic E-state index is 11.5. The molecule has 0 saturated carbocycles. The fraction of sp³-hybridized carbons (Fsp3) is 0.300. The molecule has 0 aliphatic carbocycles. The molecule has 2 aromatic carbocycles. The molecule has 1 aliphatic heterocycles. The van der Waals surface area contributed by atoms with Crippen LogP contribution in [0, 0.1) is 0 Å². The van der Waals surface area contributed by atoms with E-state index < -0.39 is 10.0 Å². The lowest BCUT2D eigenvalue weighted by molar-refractivity contribution is 0.250. The molecule has 0 bridgehead atoms. The maximum atomic E-state index is 11.5. The monoisotopic (exact) mass is 418 g/mol. The van der Waals surface area contributed by atoms with E-state index in [1.54, 1.807) is 6.07 Å². The molecule has 1 saturated heterocycles. The fourth-order valence-corrected chi connectivity index (χ4v) is 4.32. The number of hydrogen-bond donors (Lipinski definition) is 2. The number of fused-ring (bicyclic) bond motifs is 1. The van der Waals surface area contributed by atoms with Crippen LogP contribution in [0.1, 0.15) is 5.56 Å². The van der Waals surface area contributed by atoms with E-state index in [1.807, 2.05) is 30.5 Å². The molecule has 0 amide bonds. The van der Waals surface area contributed by atoms with Crippen molar-refractivity contribution >= 4 is 43.9 Å². The van der Waals surface area contributed by atoms with Gasteiger partial charge in [-0.25, -0.2) is 8.42 Å². The predicted octanol–water partition coefficient (Wildman–Crippen LogP) is 3.52. The number of anilines is 2. The molecule has 0 radical (unpaired) electrons. The van der Waals surface area contributed by atoms with Crippen LogP contribution < -0.4 is 9.62 Å². The Morgan fingerprint density at radius 1 is 1.07 bits per heavy atom. The summed E-state index contributed by atoms with van der Waals surface area (Å²) in [7, 11) is -3.29. The highest BCUT2D eigenvalue weighted by atomic mass is 35.5. The van der Waals surface area contributed by atoms with Crippen molar-refractivity contribution in [1.29, 1.82) is 0 Å². The highest BCUT2D eigenvalue weighted by Crippen LogP contribution is 2.25. The van der Waals surface area contributed by atoms with Gasteiger partial charge in [-0.15, -0.1) is 0 Å². The van der Waals surface area contributed by atoms with Crippen LogP contribution in [0.2, 0.25) is 5.02 Å². The number of nitrogens with one attached hydrogen (secondary N) is 2. The van der Waals surface area contributed by atoms with E-state index >= 15 is 0 Å². The highest BCUT2D eigenvalue weighted by molar-refractivity contribution is 7.92. The first-order chi connectivity index (χ1) is 13.4. The van der Waals surface area contributed by atoms with Crippen LogP contribution in [0.4, 0.5) is 11.4 Å². The lowest BCUT2D eigenvalue weighted by atomic mass is 10.1. The zero-order chi connectivity index (χ0) is 19.7. The lowest BCUT2D eigenvalue weighted by Gasteiger charge is -2.36. The zero-order valence-corrected chi connectivity index (χ0v) is 17.2. The van der Waals surface area contributed by atoms with Gasteiger partial charge in [0.15, 0.2) is 0 Å². The third-order valence-corrected chi connectivity index (χ3v) is 5.89. The van der Waals surface area contributed by atoms with Gasteiger partial charge in [0.25, 0.3) is 0 Å². The molecule has 3 aromatic rings. The minimum atomic E-state index is -3.29. The van der Waals surface area contributed by atoms with Gasteiger partial charge in [-0.2, -0.15) is 0 Å². The Labute approximate surface area is 170 Å². The molecule has 0 spiro atoms. The number of H-pyrrole nitrogens is 1. The molecule has 148 valence electrons. The molecule has 6 nitrogen and oxygen atoms in total. The fourth-order valence-electron chi connectivity index (χ4n) is 3.64. The first-order valence-corrected chi connectivity index (χ1v) is 11.4. The first-order valence-electron chi connectivity index (χ1n) is 9.18. The average molecular weight is 419 g/mol. The van der Waals surface area contributed by atoms with Crippen LogP contribution in [0.15, 0.2) is 48.7 Å². The molecule has 8 heteroatoms. The Kier molecular flexibility index (Phi) is 5.23. The summed E-state index contributed by atoms with van der Waals surface area (Å²) in [5.41, 5.74) is 3.97. The molecule has 0 unspecified atom stereocenters. The molecular weight excluding hydrogens is 396 g/mol. The molecule has 28 heavy (non-hydrogen) atoms. The molecule has 1 fully saturated rings. The number of benzene rings is 2. The van der Waals surface area contributed by atoms with Gasteiger partial charge in [0, 0.05) is 66.2 Å². The Hall–Kier alpha value is -2.22. The van der Waals surface area contributed by atoms with E-state index in [0.717, 1.165) is 54.9 Å². The molecule has 2 N–H and O–H groups in total. The van der Waals surface area contributed by atoms with Crippen molar-refractivity contribution in [2.24, 2.45) is 0 Å². The predicted molar refractivity (Wildman–Crippen MR) is 116 cm³/mol. The minimum absolute atomic E-state index is 0.586. The maximum Gasteiger partial charge on any atom is 0.229 e. The van der Waals surface area contributed by atoms with E-state index in [4.69, 9.17) is 11.6 Å². The number of aromatic nitrogens is 1. The molecule has 1 aromatic heterocycles. The van der Waals surface area contributed by atoms with Crippen LogP contribution in [0.3, 0.4) is 0 Å². The lowest BCUT2D eigenvalue weighted by Crippen LogP contribution is -2.45. The van der Waals surface area contributed by atoms with Gasteiger partial charge in [-0.05, 0) is 48.0 Å². The molecule has 1 aliphatic rings. The quantitative estimate of drug-likeness (QED) is 0.665. The zero-order valence-electron chi connectivity index (χ0n) is 15.7. The van der Waals surface area contributed by atoms with Gasteiger partial charge < -0.3 is 9.88 Å². The standard InChI is InChI=1S/C20H23ClN4O2S/c1-28(26,27)23-17-4-7-20-19(12-17)15(13-22-20)14-24-8-10-25(11-9-24)18-5-2-16(21)3-6-18/h2-7,12-13,22-23H,8-11,14H2,1H3. The number of nitrogens with zero attached hydrogens (tertiary/aromatic N) is 2. The summed E-state index contributed by atoms with van der Waals surface area (Å²) in [4.78, 5) is 8.07. The van der Waals surface area contributed by atoms with Crippen LogP contribution in [-0.4, -0.2) is 50.7 Å². The van der Waals surface area contributed by atoms with E-state index in [2.05, 4.69) is 31.6 Å². The molecule has 2 heterocycles. The second-order valence-electron chi connectivity index (χ2n) is 7.19. The number of rotatable bonds is 5. The summed E-state index contributed by atoms with van der Waals surface area (Å²) in [5, 5.41) is 1.81. The van der Waals surface area contributed by atoms with E-state index in [9.17, 15) is 8.42 Å². The van der Waals surface area contributed by atoms with Gasteiger partial charge in [-0.1, -0.05) is 11.6 Å². The number of sulfonamides is 1. The van der Waals surface area contributed by atoms with Gasteiger partial charge in [0.1, 0.15) is 0 Å². The average Bonchev–Trinajstić information content (AvgIpc) is 3.04. The first kappa shape index (κ1) is 19.1. The summed E-state index contributed by atoms with van der Waals surface area (Å²) in [6.45, 7) is 4.69. The van der Waals surface area contributed by atoms with Crippen LogP contribution in [0.5, 0.6) is 0 Å². The summed E-state index contributed by atoms with van der Waals surface area (Å²) in [6.07, 6.45) is 3.18. The normalized spacial score (nSPS) is 15.9. The van der Waals surface area contributed by atoms with Crippen molar-refractivity contribution in [2.45, 2.75) is 6.54 Å². The van der Waals surface area contributed by atoms with Crippen LogP contribution in [-0.2, 0) is 16.6 Å². The second kappa shape index (κ2) is 7.66. The van der Waals surface area contributed by atoms with Crippen molar-refractivity contribution in [1.82, 2.24) is 9.88 Å². The molecule has 4 rings (SSSR count).